The number of carboxylic acids is 1. The van der Waals surface area contributed by atoms with Gasteiger partial charge in [-0.15, -0.1) is 0 Å². The highest BCUT2D eigenvalue weighted by Gasteiger charge is 2.54. The van der Waals surface area contributed by atoms with Gasteiger partial charge in [0.15, 0.2) is 0 Å². The summed E-state index contributed by atoms with van der Waals surface area (Å²) in [6, 6.07) is 12.2. The van der Waals surface area contributed by atoms with Crippen LogP contribution in [0.2, 0.25) is 10.0 Å². The third kappa shape index (κ3) is 4.58. The summed E-state index contributed by atoms with van der Waals surface area (Å²) in [4.78, 5) is 37.7. The highest BCUT2D eigenvalue weighted by Crippen LogP contribution is 2.50. The standard InChI is InChI=1S/C24H24Cl2N2O5/c25-16-9-8-13(10-17(16)26)12-33-22(30)20(29)11-24(27,23(31)32)21-14-4-1-2-6-18(14)28-19-7-3-5-15(19)21/h1-2,4,6,8-10,15,19,21,28H,3,5,7,11-12,27H2,(H,31,32). The van der Waals surface area contributed by atoms with Crippen LogP contribution in [0.25, 0.3) is 0 Å². The van der Waals surface area contributed by atoms with Gasteiger partial charge in [-0.1, -0.05) is 53.9 Å². The number of nitrogens with one attached hydrogen (secondary N) is 1. The zero-order chi connectivity index (χ0) is 23.8. The molecule has 0 bridgehead atoms. The summed E-state index contributed by atoms with van der Waals surface area (Å²) in [5.41, 5.74) is 6.64. The maximum Gasteiger partial charge on any atom is 0.375 e. The monoisotopic (exact) mass is 490 g/mol. The number of anilines is 1. The molecule has 1 heterocycles. The molecule has 0 saturated heterocycles. The molecule has 33 heavy (non-hydrogen) atoms. The molecule has 1 saturated carbocycles. The van der Waals surface area contributed by atoms with Gasteiger partial charge in [-0.05, 0) is 48.1 Å². The summed E-state index contributed by atoms with van der Waals surface area (Å²) in [7, 11) is 0. The summed E-state index contributed by atoms with van der Waals surface area (Å²) < 4.78 is 5.10. The van der Waals surface area contributed by atoms with Crippen LogP contribution in [0.4, 0.5) is 5.69 Å². The molecule has 1 aliphatic heterocycles. The molecule has 2 aliphatic rings. The van der Waals surface area contributed by atoms with Crippen LogP contribution in [0, 0.1) is 5.92 Å². The fourth-order valence-corrected chi connectivity index (χ4v) is 5.39. The minimum absolute atomic E-state index is 0.0546. The topological polar surface area (TPSA) is 119 Å². The number of nitrogens with two attached hydrogens (primary N) is 1. The van der Waals surface area contributed by atoms with E-state index in [9.17, 15) is 19.5 Å². The van der Waals surface area contributed by atoms with Gasteiger partial charge in [0.25, 0.3) is 0 Å². The molecule has 4 N–H and O–H groups in total. The van der Waals surface area contributed by atoms with E-state index in [1.807, 2.05) is 24.3 Å². The Morgan fingerprint density at radius 1 is 1.12 bits per heavy atom. The Hall–Kier alpha value is -2.61. The SMILES string of the molecule is NC(CC(=O)C(=O)OCc1ccc(Cl)c(Cl)c1)(C(=O)O)C1c2ccccc2NC2CCCC21. The lowest BCUT2D eigenvalue weighted by Gasteiger charge is -2.44. The molecule has 0 amide bonds. The number of hydrogen-bond donors (Lipinski definition) is 3. The molecule has 2 aromatic rings. The van der Waals surface area contributed by atoms with Crippen molar-refractivity contribution in [2.24, 2.45) is 11.7 Å². The van der Waals surface area contributed by atoms with Crippen LogP contribution in [-0.4, -0.2) is 34.4 Å². The fraction of sp³-hybridized carbons (Fsp3) is 0.375. The second kappa shape index (κ2) is 9.33. The van der Waals surface area contributed by atoms with Crippen LogP contribution in [0.5, 0.6) is 0 Å². The molecule has 4 unspecified atom stereocenters. The lowest BCUT2D eigenvalue weighted by Crippen LogP contribution is -2.59. The third-order valence-electron chi connectivity index (χ3n) is 6.62. The lowest BCUT2D eigenvalue weighted by molar-refractivity contribution is -0.157. The highest BCUT2D eigenvalue weighted by atomic mass is 35.5. The zero-order valence-electron chi connectivity index (χ0n) is 17.7. The number of benzene rings is 2. The Morgan fingerprint density at radius 2 is 1.88 bits per heavy atom. The van der Waals surface area contributed by atoms with Crippen LogP contribution in [0.15, 0.2) is 42.5 Å². The Morgan fingerprint density at radius 3 is 2.61 bits per heavy atom. The van der Waals surface area contributed by atoms with Gasteiger partial charge in [-0.25, -0.2) is 4.79 Å². The molecule has 2 aromatic carbocycles. The van der Waals surface area contributed by atoms with Gasteiger partial charge in [-0.2, -0.15) is 0 Å². The van der Waals surface area contributed by atoms with E-state index in [2.05, 4.69) is 5.32 Å². The van der Waals surface area contributed by atoms with Crippen LogP contribution in [0.1, 0.15) is 42.7 Å². The second-order valence-electron chi connectivity index (χ2n) is 8.68. The number of rotatable bonds is 7. The van der Waals surface area contributed by atoms with Crippen LogP contribution >= 0.6 is 23.2 Å². The molecule has 0 aromatic heterocycles. The number of halogens is 2. The number of ether oxygens (including phenoxy) is 1. The van der Waals surface area contributed by atoms with E-state index >= 15 is 0 Å². The third-order valence-corrected chi connectivity index (χ3v) is 7.36. The molecular weight excluding hydrogens is 467 g/mol. The van der Waals surface area contributed by atoms with Gasteiger partial charge in [0.1, 0.15) is 12.1 Å². The molecule has 9 heteroatoms. The van der Waals surface area contributed by atoms with Crippen molar-refractivity contribution in [3.8, 4) is 0 Å². The van der Waals surface area contributed by atoms with Crippen molar-refractivity contribution in [2.75, 3.05) is 5.32 Å². The van der Waals surface area contributed by atoms with Gasteiger partial charge in [-0.3, -0.25) is 9.59 Å². The number of hydrogen-bond acceptors (Lipinski definition) is 6. The average molecular weight is 491 g/mol. The van der Waals surface area contributed by atoms with E-state index in [4.69, 9.17) is 33.7 Å². The Bertz CT molecular complexity index is 1110. The quantitative estimate of drug-likeness (QED) is 0.393. The first kappa shape index (κ1) is 23.5. The van der Waals surface area contributed by atoms with E-state index in [1.165, 1.54) is 6.07 Å². The van der Waals surface area contributed by atoms with Crippen molar-refractivity contribution >= 4 is 46.6 Å². The van der Waals surface area contributed by atoms with Crippen molar-refractivity contribution in [1.82, 2.24) is 0 Å². The van der Waals surface area contributed by atoms with E-state index < -0.39 is 35.6 Å². The number of esters is 1. The summed E-state index contributed by atoms with van der Waals surface area (Å²) in [5, 5.41) is 14.3. The first-order chi connectivity index (χ1) is 15.7. The fourth-order valence-electron chi connectivity index (χ4n) is 5.07. The molecule has 1 fully saturated rings. The number of Topliss-reactive ketones (excluding diaryl/α,β-unsaturated/α-hetero) is 1. The van der Waals surface area contributed by atoms with Crippen LogP contribution in [-0.2, 0) is 25.7 Å². The molecular formula is C24H24Cl2N2O5. The lowest BCUT2D eigenvalue weighted by atomic mass is 9.66. The number of fused-ring (bicyclic) bond motifs is 2. The maximum atomic E-state index is 12.8. The highest BCUT2D eigenvalue weighted by molar-refractivity contribution is 6.42. The van der Waals surface area contributed by atoms with Crippen molar-refractivity contribution in [2.45, 2.75) is 49.8 Å². The molecule has 7 nitrogen and oxygen atoms in total. The van der Waals surface area contributed by atoms with Crippen molar-refractivity contribution in [3.05, 3.63) is 63.6 Å². The van der Waals surface area contributed by atoms with Crippen molar-refractivity contribution in [3.63, 3.8) is 0 Å². The summed E-state index contributed by atoms with van der Waals surface area (Å²) in [6.45, 7) is -0.201. The van der Waals surface area contributed by atoms with Gasteiger partial charge < -0.3 is 20.9 Å². The summed E-state index contributed by atoms with van der Waals surface area (Å²) in [5.74, 6) is -4.11. The Labute approximate surface area is 201 Å². The van der Waals surface area contributed by atoms with E-state index in [0.29, 0.717) is 15.6 Å². The van der Waals surface area contributed by atoms with Gasteiger partial charge in [0.2, 0.25) is 5.78 Å². The van der Waals surface area contributed by atoms with Gasteiger partial charge >= 0.3 is 11.9 Å². The number of para-hydroxylation sites is 1. The van der Waals surface area contributed by atoms with E-state index in [-0.39, 0.29) is 18.6 Å². The predicted octanol–water partition coefficient (Wildman–Crippen LogP) is 4.16. The van der Waals surface area contributed by atoms with Crippen molar-refractivity contribution in [1.29, 1.82) is 0 Å². The van der Waals surface area contributed by atoms with Crippen molar-refractivity contribution < 1.29 is 24.2 Å². The minimum atomic E-state index is -1.95. The smallest absolute Gasteiger partial charge is 0.375 e. The number of ketones is 1. The molecule has 1 aliphatic carbocycles. The van der Waals surface area contributed by atoms with Crippen LogP contribution < -0.4 is 11.1 Å². The number of carbonyl (C=O) groups is 3. The number of carboxylic acid groups (broad SMARTS) is 1. The number of aliphatic carboxylic acids is 1. The van der Waals surface area contributed by atoms with E-state index in [1.54, 1.807) is 12.1 Å². The summed E-state index contributed by atoms with van der Waals surface area (Å²) >= 11 is 11.8. The largest absolute Gasteiger partial charge is 0.480 e. The van der Waals surface area contributed by atoms with Crippen LogP contribution in [0.3, 0.4) is 0 Å². The minimum Gasteiger partial charge on any atom is -0.480 e. The average Bonchev–Trinajstić information content (AvgIpc) is 3.25. The molecule has 0 spiro atoms. The Kier molecular flexibility index (Phi) is 6.66. The normalized spacial score (nSPS) is 22.9. The second-order valence-corrected chi connectivity index (χ2v) is 9.49. The molecule has 174 valence electrons. The molecule has 4 atom stereocenters. The van der Waals surface area contributed by atoms with Gasteiger partial charge in [0.05, 0.1) is 10.0 Å². The zero-order valence-corrected chi connectivity index (χ0v) is 19.2. The van der Waals surface area contributed by atoms with Gasteiger partial charge in [0, 0.05) is 24.1 Å². The number of carbonyl (C=O) groups excluding carboxylic acids is 2. The maximum absolute atomic E-state index is 12.8. The predicted molar refractivity (Wildman–Crippen MR) is 124 cm³/mol. The first-order valence-corrected chi connectivity index (χ1v) is 11.5. The first-order valence-electron chi connectivity index (χ1n) is 10.7. The van der Waals surface area contributed by atoms with E-state index in [0.717, 1.165) is 30.5 Å². The molecule has 0 radical (unpaired) electrons. The molecule has 4 rings (SSSR count). The summed E-state index contributed by atoms with van der Waals surface area (Å²) in [6.07, 6.45) is 1.95. The Balaban J connectivity index is 1.55.